The normalized spacial score (nSPS) is 12.6. The van der Waals surface area contributed by atoms with Gasteiger partial charge in [0, 0.05) is 0 Å². The number of hydrogen-bond donors (Lipinski definition) is 1. The third-order valence-corrected chi connectivity index (χ3v) is 5.13. The van der Waals surface area contributed by atoms with Crippen LogP contribution in [0.5, 0.6) is 5.75 Å². The second-order valence-electron chi connectivity index (χ2n) is 6.54. The van der Waals surface area contributed by atoms with Gasteiger partial charge in [0.15, 0.2) is 0 Å². The van der Waals surface area contributed by atoms with Gasteiger partial charge in [-0.25, -0.2) is 0 Å². The van der Waals surface area contributed by atoms with E-state index in [0.29, 0.717) is 13.2 Å². The molecule has 0 fully saturated rings. The first-order valence-corrected chi connectivity index (χ1v) is 9.65. The maximum atomic E-state index is 12.8. The summed E-state index contributed by atoms with van der Waals surface area (Å²) < 4.78 is 23.9. The molecule has 0 aliphatic carbocycles. The van der Waals surface area contributed by atoms with Gasteiger partial charge in [-0.1, -0.05) is 46.8 Å². The molecule has 1 rings (SSSR count). The lowest BCUT2D eigenvalue weighted by Gasteiger charge is -2.23. The third-order valence-electron chi connectivity index (χ3n) is 3.23. The van der Waals surface area contributed by atoms with Gasteiger partial charge in [0.25, 0.3) is 0 Å². The van der Waals surface area contributed by atoms with Crippen LogP contribution in [0.2, 0.25) is 0 Å². The Morgan fingerprint density at radius 2 is 1.64 bits per heavy atom. The molecule has 0 aliphatic heterocycles. The Hall–Kier alpha value is -0.830. The molecule has 1 N–H and O–H groups in total. The molecule has 0 radical (unpaired) electrons. The lowest BCUT2D eigenvalue weighted by atomic mass is 9.85. The number of aromatic hydroxyl groups is 1. The number of phenols is 1. The fourth-order valence-corrected chi connectivity index (χ4v) is 3.92. The van der Waals surface area contributed by atoms with Gasteiger partial charge < -0.3 is 14.2 Å². The molecule has 0 saturated carbocycles. The van der Waals surface area contributed by atoms with Crippen LogP contribution in [-0.4, -0.2) is 18.3 Å². The molecular weight excluding hydrogens is 299 g/mol. The lowest BCUT2D eigenvalue weighted by Crippen LogP contribution is -2.12. The first-order chi connectivity index (χ1) is 10.2. The van der Waals surface area contributed by atoms with Crippen LogP contribution in [0.4, 0.5) is 0 Å². The summed E-state index contributed by atoms with van der Waals surface area (Å²) in [5.41, 5.74) is 1.51. The molecular formula is C17H29O4P. The van der Waals surface area contributed by atoms with Gasteiger partial charge in [-0.2, -0.15) is 0 Å². The average Bonchev–Trinajstić information content (AvgIpc) is 2.44. The third kappa shape index (κ3) is 5.75. The topological polar surface area (TPSA) is 55.8 Å². The van der Waals surface area contributed by atoms with Crippen LogP contribution in [0.3, 0.4) is 0 Å². The zero-order chi connectivity index (χ0) is 16.8. The van der Waals surface area contributed by atoms with Crippen molar-refractivity contribution in [3.05, 3.63) is 29.3 Å². The molecule has 1 aromatic rings. The maximum absolute atomic E-state index is 12.8. The quantitative estimate of drug-likeness (QED) is 0.663. The molecule has 0 aromatic heterocycles. The van der Waals surface area contributed by atoms with Crippen molar-refractivity contribution in [2.24, 2.45) is 0 Å². The van der Waals surface area contributed by atoms with E-state index in [0.717, 1.165) is 24.0 Å². The molecule has 4 nitrogen and oxygen atoms in total. The van der Waals surface area contributed by atoms with Crippen LogP contribution in [0, 0.1) is 0 Å². The van der Waals surface area contributed by atoms with E-state index in [4.69, 9.17) is 9.05 Å². The average molecular weight is 328 g/mol. The Morgan fingerprint density at radius 3 is 2.09 bits per heavy atom. The maximum Gasteiger partial charge on any atom is 0.335 e. The summed E-state index contributed by atoms with van der Waals surface area (Å²) in [7, 11) is -3.14. The van der Waals surface area contributed by atoms with Gasteiger partial charge in [-0.15, -0.1) is 0 Å². The Bertz CT molecular complexity index is 508. The van der Waals surface area contributed by atoms with E-state index >= 15 is 0 Å². The molecule has 0 spiro atoms. The minimum Gasteiger partial charge on any atom is -0.508 e. The van der Waals surface area contributed by atoms with Crippen LogP contribution in [-0.2, 0) is 25.2 Å². The van der Waals surface area contributed by atoms with Gasteiger partial charge in [-0.3, -0.25) is 4.57 Å². The van der Waals surface area contributed by atoms with Crippen LogP contribution in [0.25, 0.3) is 0 Å². The van der Waals surface area contributed by atoms with Crippen molar-refractivity contribution in [3.8, 4) is 5.75 Å². The van der Waals surface area contributed by atoms with Crippen molar-refractivity contribution in [1.82, 2.24) is 0 Å². The van der Waals surface area contributed by atoms with Crippen LogP contribution >= 0.6 is 7.60 Å². The Kier molecular flexibility index (Phi) is 7.11. The van der Waals surface area contributed by atoms with Crippen LogP contribution < -0.4 is 0 Å². The van der Waals surface area contributed by atoms with E-state index in [9.17, 15) is 9.67 Å². The predicted molar refractivity (Wildman–Crippen MR) is 90.6 cm³/mol. The largest absolute Gasteiger partial charge is 0.508 e. The summed E-state index contributed by atoms with van der Waals surface area (Å²) >= 11 is 0. The first-order valence-electron chi connectivity index (χ1n) is 7.92. The van der Waals surface area contributed by atoms with Crippen molar-refractivity contribution in [2.75, 3.05) is 13.2 Å². The highest BCUT2D eigenvalue weighted by Gasteiger charge is 2.26. The molecule has 0 atom stereocenters. The zero-order valence-corrected chi connectivity index (χ0v) is 15.3. The summed E-state index contributed by atoms with van der Waals surface area (Å²) in [5.74, 6) is 0.259. The summed E-state index contributed by atoms with van der Waals surface area (Å²) in [6, 6.07) is 5.33. The molecule has 0 aliphatic rings. The first kappa shape index (κ1) is 19.2. The monoisotopic (exact) mass is 328 g/mol. The zero-order valence-electron chi connectivity index (χ0n) is 14.4. The molecule has 1 aromatic carbocycles. The van der Waals surface area contributed by atoms with Crippen molar-refractivity contribution in [2.45, 2.75) is 59.0 Å². The van der Waals surface area contributed by atoms with Crippen molar-refractivity contribution < 1.29 is 18.7 Å². The van der Waals surface area contributed by atoms with Crippen LogP contribution in [0.1, 0.15) is 58.6 Å². The van der Waals surface area contributed by atoms with Gasteiger partial charge >= 0.3 is 7.60 Å². The van der Waals surface area contributed by atoms with Crippen LogP contribution in [0.15, 0.2) is 18.2 Å². The molecule has 0 amide bonds. The number of hydrogen-bond acceptors (Lipinski definition) is 4. The van der Waals surface area contributed by atoms with Gasteiger partial charge in [0.1, 0.15) is 5.75 Å². The van der Waals surface area contributed by atoms with Crippen molar-refractivity contribution in [3.63, 3.8) is 0 Å². The molecule has 0 bridgehead atoms. The van der Waals surface area contributed by atoms with E-state index in [1.165, 1.54) is 0 Å². The highest BCUT2D eigenvalue weighted by atomic mass is 31.2. The van der Waals surface area contributed by atoms with E-state index < -0.39 is 7.60 Å². The minimum absolute atomic E-state index is 0.182. The van der Waals surface area contributed by atoms with Gasteiger partial charge in [-0.05, 0) is 35.4 Å². The van der Waals surface area contributed by atoms with Gasteiger partial charge in [0.05, 0.1) is 19.4 Å². The number of phenolic OH excluding ortho intramolecular Hbond substituents is 1. The fraction of sp³-hybridized carbons (Fsp3) is 0.647. The SMILES string of the molecule is CCCOP(=O)(Cc1ccc(O)c(C(C)(C)C)c1)OCCC. The Labute approximate surface area is 134 Å². The van der Waals surface area contributed by atoms with E-state index in [-0.39, 0.29) is 17.3 Å². The molecule has 126 valence electrons. The Morgan fingerprint density at radius 1 is 1.09 bits per heavy atom. The summed E-state index contributed by atoms with van der Waals surface area (Å²) in [6.45, 7) is 10.9. The second kappa shape index (κ2) is 8.14. The highest BCUT2D eigenvalue weighted by Crippen LogP contribution is 2.52. The molecule has 22 heavy (non-hydrogen) atoms. The number of rotatable bonds is 8. The lowest BCUT2D eigenvalue weighted by molar-refractivity contribution is 0.203. The molecule has 0 unspecified atom stereocenters. The predicted octanol–water partition coefficient (Wildman–Crippen LogP) is 5.24. The van der Waals surface area contributed by atoms with E-state index in [1.807, 2.05) is 40.7 Å². The second-order valence-corrected chi connectivity index (χ2v) is 8.59. The summed E-state index contributed by atoms with van der Waals surface area (Å²) in [5, 5.41) is 10.0. The van der Waals surface area contributed by atoms with Crippen molar-refractivity contribution >= 4 is 7.60 Å². The smallest absolute Gasteiger partial charge is 0.335 e. The molecule has 5 heteroatoms. The molecule has 0 heterocycles. The van der Waals surface area contributed by atoms with Gasteiger partial charge in [0.2, 0.25) is 0 Å². The highest BCUT2D eigenvalue weighted by molar-refractivity contribution is 7.53. The number of benzene rings is 1. The van der Waals surface area contributed by atoms with Crippen molar-refractivity contribution in [1.29, 1.82) is 0 Å². The summed E-state index contributed by atoms with van der Waals surface area (Å²) in [4.78, 5) is 0. The molecule has 0 saturated heterocycles. The van der Waals surface area contributed by atoms with E-state index in [1.54, 1.807) is 12.1 Å². The summed E-state index contributed by atoms with van der Waals surface area (Å²) in [6.07, 6.45) is 1.82. The van der Waals surface area contributed by atoms with E-state index in [2.05, 4.69) is 0 Å². The fourth-order valence-electron chi connectivity index (χ4n) is 2.10. The standard InChI is InChI=1S/C17H29O4P/c1-6-10-20-22(19,21-11-7-2)13-14-8-9-16(18)15(12-14)17(3,4)5/h8-9,12,18H,6-7,10-11,13H2,1-5H3. The minimum atomic E-state index is -3.14. The Balaban J connectivity index is 3.00.